The number of carbonyl (C=O) groups is 8. The second-order valence-electron chi connectivity index (χ2n) is 20.7. The van der Waals surface area contributed by atoms with Crippen molar-refractivity contribution in [1.29, 1.82) is 0 Å². The summed E-state index contributed by atoms with van der Waals surface area (Å²) < 4.78 is 16.7. The van der Waals surface area contributed by atoms with E-state index < -0.39 is 95.2 Å². The lowest BCUT2D eigenvalue weighted by atomic mass is 10.0. The van der Waals surface area contributed by atoms with Gasteiger partial charge in [0.15, 0.2) is 0 Å². The third-order valence-electron chi connectivity index (χ3n) is 11.5. The highest BCUT2D eigenvalue weighted by Gasteiger charge is 2.43. The van der Waals surface area contributed by atoms with E-state index in [1.165, 1.54) is 10.5 Å². The maximum atomic E-state index is 14.4. The number of unbranched alkanes of at least 4 members (excludes halogenated alkanes) is 2. The minimum Gasteiger partial charge on any atom is -0.480 e. The van der Waals surface area contributed by atoms with Crippen LogP contribution in [0.5, 0.6) is 0 Å². The molecule has 1 heterocycles. The van der Waals surface area contributed by atoms with E-state index in [4.69, 9.17) is 14.2 Å². The lowest BCUT2D eigenvalue weighted by Gasteiger charge is -2.30. The van der Waals surface area contributed by atoms with Crippen LogP contribution >= 0.6 is 0 Å². The van der Waals surface area contributed by atoms with Crippen LogP contribution in [0.1, 0.15) is 143 Å². The second-order valence-corrected chi connectivity index (χ2v) is 20.7. The average molecular weight is 1010 g/mol. The molecule has 1 unspecified atom stereocenters. The third-order valence-corrected chi connectivity index (χ3v) is 11.5. The van der Waals surface area contributed by atoms with Crippen LogP contribution in [0.25, 0.3) is 11.1 Å². The predicted octanol–water partition coefficient (Wildman–Crippen LogP) is 6.02. The van der Waals surface area contributed by atoms with Crippen LogP contribution in [0.15, 0.2) is 48.5 Å². The van der Waals surface area contributed by atoms with Gasteiger partial charge in [0.2, 0.25) is 23.6 Å². The number of ether oxygens (including phenoxy) is 3. The Morgan fingerprint density at radius 3 is 1.89 bits per heavy atom. The Morgan fingerprint density at radius 2 is 1.32 bits per heavy atom. The number of carboxylic acids is 1. The second kappa shape index (κ2) is 28.7. The zero-order valence-electron chi connectivity index (χ0n) is 44.2. The number of carboxylic acid groups (broad SMARTS) is 1. The van der Waals surface area contributed by atoms with Gasteiger partial charge in [-0.25, -0.2) is 14.4 Å². The lowest BCUT2D eigenvalue weighted by Crippen LogP contribution is -2.60. The third kappa shape index (κ3) is 21.2. The Morgan fingerprint density at radius 1 is 0.722 bits per heavy atom. The number of amides is 7. The van der Waals surface area contributed by atoms with Crippen molar-refractivity contribution in [2.75, 3.05) is 26.2 Å². The highest BCUT2D eigenvalue weighted by molar-refractivity contribution is 5.96. The molecule has 3 rings (SSSR count). The van der Waals surface area contributed by atoms with E-state index in [2.05, 4.69) is 63.1 Å². The molecule has 7 amide bonds. The fraction of sp³-hybridized carbons (Fsp3) is 0.623. The standard InChI is InChI=1S/C53H81N7O12/c1-12-14-17-35-19-21-36(22-20-35)37-23-25-38(26-24-37)45(62)54-29-27-43(61)60-31-39(56-51(69)72-53(9,10)11)30-42(60)47(64)59-44(34(5)70-32-33(3)4)48(65)57-40(13-2)46(63)58-41(49(66)67)18-15-16-28-55-50(68)71-52(6,7)8/h19-26,33-34,39-42,44H,12-18,27-32H2,1-11H3,(H,54,62)(H,55,68)(H,56,69)(H,57,65)(H,58,63)(H,59,64)(H,66,67)/t34-,39+,40+,41+,42?,44+/m1/s1. The maximum absolute atomic E-state index is 14.4. The molecule has 19 nitrogen and oxygen atoms in total. The van der Waals surface area contributed by atoms with Gasteiger partial charge < -0.3 is 56.1 Å². The Kier molecular flexibility index (Phi) is 24.0. The van der Waals surface area contributed by atoms with Crippen molar-refractivity contribution in [3.8, 4) is 11.1 Å². The zero-order chi connectivity index (χ0) is 53.8. The lowest BCUT2D eigenvalue weighted by molar-refractivity contribution is -0.143. The van der Waals surface area contributed by atoms with Crippen LogP contribution in [0, 0.1) is 5.92 Å². The van der Waals surface area contributed by atoms with E-state index in [1.54, 1.807) is 67.5 Å². The van der Waals surface area contributed by atoms with E-state index in [9.17, 15) is 43.5 Å². The summed E-state index contributed by atoms with van der Waals surface area (Å²) in [4.78, 5) is 107. The van der Waals surface area contributed by atoms with Crippen molar-refractivity contribution < 1.29 is 57.7 Å². The molecule has 6 atom stereocenters. The first-order chi connectivity index (χ1) is 33.8. The van der Waals surface area contributed by atoms with Crippen molar-refractivity contribution >= 4 is 47.7 Å². The minimum absolute atomic E-state index is 0.0376. The van der Waals surface area contributed by atoms with Crippen LogP contribution in [0.3, 0.4) is 0 Å². The molecule has 19 heteroatoms. The molecule has 0 aromatic heterocycles. The number of hydrogen-bond acceptors (Lipinski definition) is 11. The van der Waals surface area contributed by atoms with Gasteiger partial charge in [-0.15, -0.1) is 0 Å². The van der Waals surface area contributed by atoms with Crippen molar-refractivity contribution in [3.05, 3.63) is 59.7 Å². The molecule has 1 aliphatic heterocycles. The molecular weight excluding hydrogens is 927 g/mol. The van der Waals surface area contributed by atoms with Crippen molar-refractivity contribution in [2.24, 2.45) is 5.92 Å². The van der Waals surface area contributed by atoms with Crippen LogP contribution in [-0.4, -0.2) is 131 Å². The monoisotopic (exact) mass is 1010 g/mol. The molecule has 0 bridgehead atoms. The van der Waals surface area contributed by atoms with E-state index >= 15 is 0 Å². The van der Waals surface area contributed by atoms with E-state index in [-0.39, 0.29) is 57.8 Å². The molecule has 0 radical (unpaired) electrons. The molecule has 0 saturated carbocycles. The summed E-state index contributed by atoms with van der Waals surface area (Å²) in [5.41, 5.74) is 2.14. The van der Waals surface area contributed by atoms with Gasteiger partial charge in [-0.1, -0.05) is 70.5 Å². The zero-order valence-corrected chi connectivity index (χ0v) is 44.2. The summed E-state index contributed by atoms with van der Waals surface area (Å²) >= 11 is 0. The number of hydrogen-bond donors (Lipinski definition) is 7. The first-order valence-corrected chi connectivity index (χ1v) is 25.3. The fourth-order valence-corrected chi connectivity index (χ4v) is 7.73. The number of benzene rings is 2. The highest BCUT2D eigenvalue weighted by Crippen LogP contribution is 2.23. The number of aliphatic carboxylic acids is 1. The molecule has 0 aliphatic carbocycles. The van der Waals surface area contributed by atoms with Crippen molar-refractivity contribution in [2.45, 2.75) is 181 Å². The molecule has 1 saturated heterocycles. The number of aryl methyl sites for hydroxylation is 1. The molecule has 2 aromatic rings. The molecule has 400 valence electrons. The molecule has 7 N–H and O–H groups in total. The SMILES string of the molecule is CCCCc1ccc(-c2ccc(C(=O)NCCC(=O)N3C[C@@H](NC(=O)OC(C)(C)C)CC3C(=O)N[C@H](C(=O)N[C@@H](CC)C(=O)N[C@@H](CCCCNC(=O)OC(C)(C)C)C(=O)O)[C@@H](C)OCC(C)C)cc2)cc1. The summed E-state index contributed by atoms with van der Waals surface area (Å²) in [7, 11) is 0. The number of carbonyl (C=O) groups excluding carboxylic acids is 7. The van der Waals surface area contributed by atoms with Gasteiger partial charge in [0.25, 0.3) is 5.91 Å². The number of rotatable bonds is 26. The van der Waals surface area contributed by atoms with Crippen LogP contribution < -0.4 is 31.9 Å². The number of nitrogens with zero attached hydrogens (tertiary/aromatic N) is 1. The summed E-state index contributed by atoms with van der Waals surface area (Å²) in [5, 5.41) is 26.0. The summed E-state index contributed by atoms with van der Waals surface area (Å²) in [6.45, 7) is 19.8. The topological polar surface area (TPSA) is 260 Å². The predicted molar refractivity (Wildman–Crippen MR) is 273 cm³/mol. The van der Waals surface area contributed by atoms with Crippen LogP contribution in [-0.2, 0) is 44.6 Å². The number of alkyl carbamates (subject to hydrolysis) is 2. The van der Waals surface area contributed by atoms with Gasteiger partial charge in [-0.2, -0.15) is 0 Å². The van der Waals surface area contributed by atoms with Gasteiger partial charge >= 0.3 is 18.2 Å². The Bertz CT molecular complexity index is 2120. The first-order valence-electron chi connectivity index (χ1n) is 25.3. The van der Waals surface area contributed by atoms with Gasteiger partial charge in [0.1, 0.15) is 35.4 Å². The van der Waals surface area contributed by atoms with Crippen molar-refractivity contribution in [1.82, 2.24) is 36.8 Å². The maximum Gasteiger partial charge on any atom is 0.407 e. The van der Waals surface area contributed by atoms with Crippen LogP contribution in [0.2, 0.25) is 0 Å². The normalized spacial score (nSPS) is 16.4. The molecule has 72 heavy (non-hydrogen) atoms. The van der Waals surface area contributed by atoms with Gasteiger partial charge in [-0.3, -0.25) is 24.0 Å². The molecule has 2 aromatic carbocycles. The Hall–Kier alpha value is -6.24. The van der Waals surface area contributed by atoms with E-state index in [0.717, 1.165) is 30.4 Å². The summed E-state index contributed by atoms with van der Waals surface area (Å²) in [5.74, 6) is -4.42. The Labute approximate surface area is 425 Å². The number of likely N-dealkylation sites (tertiary alicyclic amines) is 1. The quantitative estimate of drug-likeness (QED) is 0.0535. The molecule has 0 spiro atoms. The largest absolute Gasteiger partial charge is 0.480 e. The summed E-state index contributed by atoms with van der Waals surface area (Å²) in [6.07, 6.45) is 1.57. The highest BCUT2D eigenvalue weighted by atomic mass is 16.6. The smallest absolute Gasteiger partial charge is 0.407 e. The van der Waals surface area contributed by atoms with Gasteiger partial charge in [0.05, 0.1) is 12.1 Å². The van der Waals surface area contributed by atoms with Gasteiger partial charge in [-0.05, 0) is 128 Å². The van der Waals surface area contributed by atoms with E-state index in [0.29, 0.717) is 18.4 Å². The summed E-state index contributed by atoms with van der Waals surface area (Å²) in [6, 6.07) is 9.69. The first kappa shape index (κ1) is 60.1. The molecule has 1 fully saturated rings. The molecular formula is C53H81N7O12. The van der Waals surface area contributed by atoms with Crippen LogP contribution in [0.4, 0.5) is 9.59 Å². The molecule has 1 aliphatic rings. The average Bonchev–Trinajstić information content (AvgIpc) is 3.72. The fourth-order valence-electron chi connectivity index (χ4n) is 7.73. The number of nitrogens with one attached hydrogen (secondary N) is 6. The van der Waals surface area contributed by atoms with Gasteiger partial charge in [0, 0.05) is 38.2 Å². The van der Waals surface area contributed by atoms with Crippen molar-refractivity contribution in [3.63, 3.8) is 0 Å². The van der Waals surface area contributed by atoms with E-state index in [1.807, 2.05) is 26.0 Å². The Balaban J connectivity index is 1.73. The minimum atomic E-state index is -1.39.